The van der Waals surface area contributed by atoms with Gasteiger partial charge in [0.05, 0.1) is 5.41 Å². The van der Waals surface area contributed by atoms with Crippen LogP contribution in [-0.2, 0) is 4.79 Å². The highest BCUT2D eigenvalue weighted by Crippen LogP contribution is 2.46. The van der Waals surface area contributed by atoms with E-state index in [1.807, 2.05) is 25.2 Å². The highest BCUT2D eigenvalue weighted by atomic mass is 35.5. The maximum atomic E-state index is 11.4. The van der Waals surface area contributed by atoms with Crippen LogP contribution in [0.2, 0.25) is 5.02 Å². The lowest BCUT2D eigenvalue weighted by Crippen LogP contribution is -2.33. The average molecular weight is 254 g/mol. The number of aliphatic carboxylic acids is 1. The maximum Gasteiger partial charge on any atom is 0.309 e. The summed E-state index contributed by atoms with van der Waals surface area (Å²) in [6.07, 6.45) is 0. The zero-order valence-corrected chi connectivity index (χ0v) is 11.0. The van der Waals surface area contributed by atoms with Crippen molar-refractivity contribution in [1.82, 2.24) is 0 Å². The van der Waals surface area contributed by atoms with Crippen LogP contribution in [0.15, 0.2) is 18.2 Å². The normalized spacial score (nSPS) is 19.3. The van der Waals surface area contributed by atoms with Gasteiger partial charge in [-0.1, -0.05) is 11.6 Å². The molecule has 0 bridgehead atoms. The Kier molecular flexibility index (Phi) is 2.82. The standard InChI is InChI=1S/C13H16ClNO2/c1-13(2,12(16)17)10-7-15(3)11-5-4-8(14)6-9(10)11/h4-6,10H,7H2,1-3H3,(H,16,17). The molecule has 1 N–H and O–H groups in total. The molecule has 0 radical (unpaired) electrons. The molecule has 0 aromatic heterocycles. The molecule has 0 spiro atoms. The summed E-state index contributed by atoms with van der Waals surface area (Å²) in [5.41, 5.74) is 1.32. The molecule has 2 rings (SSSR count). The molecular formula is C13H16ClNO2. The van der Waals surface area contributed by atoms with E-state index in [-0.39, 0.29) is 5.92 Å². The molecule has 1 aromatic carbocycles. The van der Waals surface area contributed by atoms with Crippen LogP contribution in [0.1, 0.15) is 25.3 Å². The van der Waals surface area contributed by atoms with Gasteiger partial charge in [-0.2, -0.15) is 0 Å². The molecule has 1 aliphatic heterocycles. The number of likely N-dealkylation sites (N-methyl/N-ethyl adjacent to an activating group) is 1. The van der Waals surface area contributed by atoms with Gasteiger partial charge >= 0.3 is 5.97 Å². The number of hydrogen-bond acceptors (Lipinski definition) is 2. The number of carbonyl (C=O) groups is 1. The molecule has 3 nitrogen and oxygen atoms in total. The number of nitrogens with zero attached hydrogens (tertiary/aromatic N) is 1. The van der Waals surface area contributed by atoms with Gasteiger partial charge in [-0.25, -0.2) is 0 Å². The average Bonchev–Trinajstić information content (AvgIpc) is 2.56. The van der Waals surface area contributed by atoms with Gasteiger partial charge in [-0.15, -0.1) is 0 Å². The largest absolute Gasteiger partial charge is 0.481 e. The fraction of sp³-hybridized carbons (Fsp3) is 0.462. The lowest BCUT2D eigenvalue weighted by atomic mass is 9.76. The number of fused-ring (bicyclic) bond motifs is 1. The lowest BCUT2D eigenvalue weighted by Gasteiger charge is -2.27. The van der Waals surface area contributed by atoms with Crippen molar-refractivity contribution >= 4 is 23.3 Å². The highest BCUT2D eigenvalue weighted by Gasteiger charge is 2.43. The van der Waals surface area contributed by atoms with Gasteiger partial charge in [-0.3, -0.25) is 4.79 Å². The summed E-state index contributed by atoms with van der Waals surface area (Å²) in [4.78, 5) is 13.4. The monoisotopic (exact) mass is 253 g/mol. The smallest absolute Gasteiger partial charge is 0.309 e. The molecule has 0 saturated carbocycles. The van der Waals surface area contributed by atoms with Crippen molar-refractivity contribution in [3.05, 3.63) is 28.8 Å². The van der Waals surface area contributed by atoms with Gasteiger partial charge in [0.2, 0.25) is 0 Å². The molecule has 0 fully saturated rings. The number of rotatable bonds is 2. The Bertz CT molecular complexity index is 470. The second-order valence-electron chi connectivity index (χ2n) is 5.16. The van der Waals surface area contributed by atoms with E-state index >= 15 is 0 Å². The predicted octanol–water partition coefficient (Wildman–Crippen LogP) is 2.98. The summed E-state index contributed by atoms with van der Waals surface area (Å²) in [6.45, 7) is 4.25. The van der Waals surface area contributed by atoms with E-state index in [9.17, 15) is 9.90 Å². The Morgan fingerprint density at radius 1 is 1.53 bits per heavy atom. The number of benzene rings is 1. The predicted molar refractivity (Wildman–Crippen MR) is 68.9 cm³/mol. The third-order valence-corrected chi connectivity index (χ3v) is 3.89. The van der Waals surface area contributed by atoms with Gasteiger partial charge in [0.25, 0.3) is 0 Å². The van der Waals surface area contributed by atoms with Crippen LogP contribution in [0.3, 0.4) is 0 Å². The first-order chi connectivity index (χ1) is 7.84. The quantitative estimate of drug-likeness (QED) is 0.881. The van der Waals surface area contributed by atoms with Crippen molar-refractivity contribution in [3.63, 3.8) is 0 Å². The summed E-state index contributed by atoms with van der Waals surface area (Å²) in [5.74, 6) is -0.803. The topological polar surface area (TPSA) is 40.5 Å². The van der Waals surface area contributed by atoms with Crippen molar-refractivity contribution in [2.24, 2.45) is 5.41 Å². The maximum absolute atomic E-state index is 11.4. The van der Waals surface area contributed by atoms with Crippen LogP contribution in [-0.4, -0.2) is 24.7 Å². The lowest BCUT2D eigenvalue weighted by molar-refractivity contribution is -0.148. The van der Waals surface area contributed by atoms with Crippen molar-refractivity contribution in [1.29, 1.82) is 0 Å². The fourth-order valence-electron chi connectivity index (χ4n) is 2.39. The Morgan fingerprint density at radius 2 is 2.18 bits per heavy atom. The number of carboxylic acids is 1. The molecule has 1 aliphatic rings. The van der Waals surface area contributed by atoms with Gasteiger partial charge in [-0.05, 0) is 37.6 Å². The molecule has 1 atom stereocenters. The minimum Gasteiger partial charge on any atom is -0.481 e. The minimum absolute atomic E-state index is 0.0290. The first-order valence-electron chi connectivity index (χ1n) is 5.58. The van der Waals surface area contributed by atoms with Crippen molar-refractivity contribution < 1.29 is 9.90 Å². The molecule has 1 heterocycles. The molecule has 92 valence electrons. The van der Waals surface area contributed by atoms with Gasteiger partial charge < -0.3 is 10.0 Å². The summed E-state index contributed by atoms with van der Waals surface area (Å²) in [6, 6.07) is 5.68. The molecule has 0 saturated heterocycles. The van der Waals surface area contributed by atoms with Gasteiger partial charge in [0.1, 0.15) is 0 Å². The van der Waals surface area contributed by atoms with Gasteiger partial charge in [0, 0.05) is 30.2 Å². The Morgan fingerprint density at radius 3 is 2.76 bits per heavy atom. The van der Waals surface area contributed by atoms with E-state index in [4.69, 9.17) is 11.6 Å². The van der Waals surface area contributed by atoms with E-state index in [2.05, 4.69) is 4.90 Å². The van der Waals surface area contributed by atoms with Crippen LogP contribution in [0.5, 0.6) is 0 Å². The first-order valence-corrected chi connectivity index (χ1v) is 5.96. The Labute approximate surface area is 106 Å². The molecule has 1 unspecified atom stereocenters. The molecule has 17 heavy (non-hydrogen) atoms. The highest BCUT2D eigenvalue weighted by molar-refractivity contribution is 6.30. The number of halogens is 1. The van der Waals surface area contributed by atoms with E-state index in [1.54, 1.807) is 13.8 Å². The van der Waals surface area contributed by atoms with Crippen LogP contribution < -0.4 is 4.90 Å². The molecule has 1 aromatic rings. The number of hydrogen-bond donors (Lipinski definition) is 1. The van der Waals surface area contributed by atoms with Crippen molar-refractivity contribution in [3.8, 4) is 0 Å². The van der Waals surface area contributed by atoms with E-state index in [0.29, 0.717) is 5.02 Å². The molecular weight excluding hydrogens is 238 g/mol. The molecule has 0 aliphatic carbocycles. The van der Waals surface area contributed by atoms with Crippen molar-refractivity contribution in [2.45, 2.75) is 19.8 Å². The second-order valence-corrected chi connectivity index (χ2v) is 5.60. The Hall–Kier alpha value is -1.22. The zero-order valence-electron chi connectivity index (χ0n) is 10.2. The first kappa shape index (κ1) is 12.2. The van der Waals surface area contributed by atoms with E-state index in [0.717, 1.165) is 17.8 Å². The van der Waals surface area contributed by atoms with Crippen LogP contribution in [0.25, 0.3) is 0 Å². The number of carboxylic acid groups (broad SMARTS) is 1. The fourth-order valence-corrected chi connectivity index (χ4v) is 2.57. The third-order valence-electron chi connectivity index (χ3n) is 3.66. The number of anilines is 1. The Balaban J connectivity index is 2.49. The van der Waals surface area contributed by atoms with Crippen LogP contribution in [0, 0.1) is 5.41 Å². The summed E-state index contributed by atoms with van der Waals surface area (Å²) >= 11 is 6.00. The SMILES string of the molecule is CN1CC(C(C)(C)C(=O)O)c2cc(Cl)ccc21. The molecule has 0 amide bonds. The third kappa shape index (κ3) is 1.89. The minimum atomic E-state index is -0.788. The zero-order chi connectivity index (χ0) is 12.8. The van der Waals surface area contributed by atoms with Crippen LogP contribution in [0.4, 0.5) is 5.69 Å². The second kappa shape index (κ2) is 3.91. The van der Waals surface area contributed by atoms with E-state index in [1.165, 1.54) is 0 Å². The van der Waals surface area contributed by atoms with Crippen molar-refractivity contribution in [2.75, 3.05) is 18.5 Å². The summed E-state index contributed by atoms with van der Waals surface area (Å²) < 4.78 is 0. The van der Waals surface area contributed by atoms with E-state index < -0.39 is 11.4 Å². The van der Waals surface area contributed by atoms with Crippen LogP contribution >= 0.6 is 11.6 Å². The molecule has 4 heteroatoms. The van der Waals surface area contributed by atoms with Gasteiger partial charge in [0.15, 0.2) is 0 Å². The summed E-state index contributed by atoms with van der Waals surface area (Å²) in [7, 11) is 1.98. The summed E-state index contributed by atoms with van der Waals surface area (Å²) in [5, 5.41) is 9.99.